The van der Waals surface area contributed by atoms with E-state index in [1.165, 1.54) is 29.7 Å². The van der Waals surface area contributed by atoms with Crippen molar-refractivity contribution in [2.24, 2.45) is 23.2 Å². The summed E-state index contributed by atoms with van der Waals surface area (Å²) in [4.78, 5) is 29.2. The highest BCUT2D eigenvalue weighted by Crippen LogP contribution is 2.42. The van der Waals surface area contributed by atoms with Crippen molar-refractivity contribution in [1.82, 2.24) is 15.1 Å². The Morgan fingerprint density at radius 3 is 2.37 bits per heavy atom. The summed E-state index contributed by atoms with van der Waals surface area (Å²) in [7, 11) is 1.62. The zero-order valence-corrected chi connectivity index (χ0v) is 26.4. The summed E-state index contributed by atoms with van der Waals surface area (Å²) in [6, 6.07) is 10.5. The predicted octanol–water partition coefficient (Wildman–Crippen LogP) is 7.62. The van der Waals surface area contributed by atoms with E-state index in [1.807, 2.05) is 11.8 Å². The molecule has 41 heavy (non-hydrogen) atoms. The topological polar surface area (TPSA) is 82.1 Å². The third kappa shape index (κ3) is 10.2. The van der Waals surface area contributed by atoms with Crippen molar-refractivity contribution < 1.29 is 19.4 Å². The Morgan fingerprint density at radius 1 is 1.05 bits per heavy atom. The van der Waals surface area contributed by atoms with Gasteiger partial charge in [-0.2, -0.15) is 0 Å². The van der Waals surface area contributed by atoms with Crippen LogP contribution in [0.5, 0.6) is 0 Å². The second kappa shape index (κ2) is 16.4. The Hall–Kier alpha value is -2.28. The molecule has 1 aliphatic heterocycles. The van der Waals surface area contributed by atoms with Gasteiger partial charge in [0.25, 0.3) is 0 Å². The quantitative estimate of drug-likeness (QED) is 0.239. The largest absolute Gasteiger partial charge is 0.465 e. The minimum absolute atomic E-state index is 0.0355. The number of nitrogens with zero attached hydrogens (tertiary/aromatic N) is 2. The van der Waals surface area contributed by atoms with E-state index in [1.54, 1.807) is 7.05 Å². The first-order chi connectivity index (χ1) is 19.6. The van der Waals surface area contributed by atoms with Gasteiger partial charge in [0.2, 0.25) is 0 Å². The lowest BCUT2D eigenvalue weighted by Crippen LogP contribution is -2.57. The molecule has 2 unspecified atom stereocenters. The molecular formula is C34H57N3O4. The third-order valence-corrected chi connectivity index (χ3v) is 9.50. The minimum Gasteiger partial charge on any atom is -0.465 e. The summed E-state index contributed by atoms with van der Waals surface area (Å²) in [6.45, 7) is 12.1. The third-order valence-electron chi connectivity index (χ3n) is 9.50. The normalized spacial score (nSPS) is 20.7. The monoisotopic (exact) mass is 571 g/mol. The number of carboxylic acid groups (broad SMARTS) is 1. The first-order valence-electron chi connectivity index (χ1n) is 16.2. The zero-order chi connectivity index (χ0) is 29.8. The number of amides is 3. The second-order valence-electron chi connectivity index (χ2n) is 13.6. The van der Waals surface area contributed by atoms with Gasteiger partial charge in [-0.15, -0.1) is 0 Å². The molecule has 1 saturated heterocycles. The molecule has 0 aromatic heterocycles. The molecule has 4 atom stereocenters. The number of benzene rings is 1. The summed E-state index contributed by atoms with van der Waals surface area (Å²) >= 11 is 0. The molecule has 2 N–H and O–H groups in total. The van der Waals surface area contributed by atoms with E-state index < -0.39 is 6.09 Å². The molecule has 1 aromatic carbocycles. The summed E-state index contributed by atoms with van der Waals surface area (Å²) < 4.78 is 5.58. The number of urea groups is 1. The number of likely N-dealkylation sites (N-methyl/N-ethyl adjacent to an activating group) is 1. The van der Waals surface area contributed by atoms with Crippen molar-refractivity contribution in [2.75, 3.05) is 39.9 Å². The second-order valence-corrected chi connectivity index (χ2v) is 13.6. The maximum absolute atomic E-state index is 13.9. The van der Waals surface area contributed by atoms with Crippen LogP contribution in [0.25, 0.3) is 0 Å². The average Bonchev–Trinajstić information content (AvgIpc) is 2.95. The Morgan fingerprint density at radius 2 is 1.73 bits per heavy atom. The predicted molar refractivity (Wildman–Crippen MR) is 166 cm³/mol. The van der Waals surface area contributed by atoms with Crippen LogP contribution in [-0.4, -0.2) is 73.0 Å². The van der Waals surface area contributed by atoms with Gasteiger partial charge in [-0.25, -0.2) is 9.59 Å². The molecular weight excluding hydrogens is 514 g/mol. The van der Waals surface area contributed by atoms with E-state index in [0.29, 0.717) is 24.3 Å². The first-order valence-corrected chi connectivity index (χ1v) is 16.2. The molecule has 7 heteroatoms. The maximum Gasteiger partial charge on any atom is 0.407 e. The van der Waals surface area contributed by atoms with Crippen LogP contribution < -0.4 is 5.32 Å². The van der Waals surface area contributed by atoms with Gasteiger partial charge in [0, 0.05) is 39.9 Å². The smallest absolute Gasteiger partial charge is 0.407 e. The Labute approximate surface area is 249 Å². The summed E-state index contributed by atoms with van der Waals surface area (Å²) in [5, 5.41) is 13.1. The van der Waals surface area contributed by atoms with E-state index in [4.69, 9.17) is 4.74 Å². The first kappa shape index (κ1) is 33.2. The molecule has 1 heterocycles. The van der Waals surface area contributed by atoms with Crippen LogP contribution in [0.1, 0.15) is 103 Å². The van der Waals surface area contributed by atoms with Crippen molar-refractivity contribution in [1.29, 1.82) is 0 Å². The van der Waals surface area contributed by atoms with Crippen LogP contribution in [-0.2, 0) is 4.74 Å². The molecule has 7 nitrogen and oxygen atoms in total. The van der Waals surface area contributed by atoms with E-state index >= 15 is 0 Å². The lowest BCUT2D eigenvalue weighted by Gasteiger charge is -2.46. The highest BCUT2D eigenvalue weighted by atomic mass is 16.5. The molecule has 232 valence electrons. The minimum atomic E-state index is -0.950. The van der Waals surface area contributed by atoms with Crippen molar-refractivity contribution in [2.45, 2.75) is 104 Å². The van der Waals surface area contributed by atoms with Crippen molar-refractivity contribution >= 4 is 12.1 Å². The van der Waals surface area contributed by atoms with Gasteiger partial charge in [-0.05, 0) is 67.3 Å². The molecule has 0 spiro atoms. The highest BCUT2D eigenvalue weighted by Gasteiger charge is 2.41. The van der Waals surface area contributed by atoms with Gasteiger partial charge < -0.3 is 25.0 Å². The number of hydrogen-bond acceptors (Lipinski definition) is 3. The number of hydrogen-bond donors (Lipinski definition) is 2. The van der Waals surface area contributed by atoms with E-state index in [-0.39, 0.29) is 23.4 Å². The SMILES string of the molecule is CCOCCCC[C@@H](c1ccccc1)[C@@H]1CCCN(C(=O)NC(CN(C)C(=O)O)C(C2CCCCC2)C(C)(C)C)C1. The van der Waals surface area contributed by atoms with Gasteiger partial charge in [0.15, 0.2) is 0 Å². The van der Waals surface area contributed by atoms with Gasteiger partial charge in [-0.1, -0.05) is 89.6 Å². The molecule has 1 aromatic rings. The zero-order valence-electron chi connectivity index (χ0n) is 26.4. The van der Waals surface area contributed by atoms with Crippen LogP contribution in [0, 0.1) is 23.2 Å². The highest BCUT2D eigenvalue weighted by molar-refractivity contribution is 5.75. The van der Waals surface area contributed by atoms with Crippen LogP contribution >= 0.6 is 0 Å². The maximum atomic E-state index is 13.9. The Bertz CT molecular complexity index is 912. The lowest BCUT2D eigenvalue weighted by molar-refractivity contribution is 0.0654. The number of ether oxygens (including phenoxy) is 1. The fraction of sp³-hybridized carbons (Fsp3) is 0.765. The van der Waals surface area contributed by atoms with Crippen LogP contribution in [0.4, 0.5) is 9.59 Å². The fourth-order valence-corrected chi connectivity index (χ4v) is 7.61. The summed E-state index contributed by atoms with van der Waals surface area (Å²) in [6.07, 6.45) is 10.4. The molecule has 1 saturated carbocycles. The van der Waals surface area contributed by atoms with Crippen LogP contribution in [0.3, 0.4) is 0 Å². The molecule has 3 amide bonds. The van der Waals surface area contributed by atoms with E-state index in [2.05, 4.69) is 56.4 Å². The van der Waals surface area contributed by atoms with Crippen LogP contribution in [0.2, 0.25) is 0 Å². The number of carbonyl (C=O) groups excluding carboxylic acids is 1. The summed E-state index contributed by atoms with van der Waals surface area (Å²) in [5.74, 6) is 1.51. The molecule has 0 radical (unpaired) electrons. The van der Waals surface area contributed by atoms with Gasteiger partial charge >= 0.3 is 12.1 Å². The molecule has 2 fully saturated rings. The molecule has 0 bridgehead atoms. The van der Waals surface area contributed by atoms with Gasteiger partial charge in [0.1, 0.15) is 0 Å². The van der Waals surface area contributed by atoms with Crippen molar-refractivity contribution in [3.05, 3.63) is 35.9 Å². The number of unbranched alkanes of at least 4 members (excludes halogenated alkanes) is 1. The van der Waals surface area contributed by atoms with Gasteiger partial charge in [0.05, 0.1) is 6.04 Å². The number of piperidine rings is 1. The van der Waals surface area contributed by atoms with Crippen LogP contribution in [0.15, 0.2) is 30.3 Å². The number of rotatable bonds is 13. The Kier molecular flexibility index (Phi) is 13.3. The Balaban J connectivity index is 1.76. The number of nitrogens with one attached hydrogen (secondary N) is 1. The van der Waals surface area contributed by atoms with Crippen molar-refractivity contribution in [3.63, 3.8) is 0 Å². The summed E-state index contributed by atoms with van der Waals surface area (Å²) in [5.41, 5.74) is 1.31. The average molecular weight is 572 g/mol. The number of likely N-dealkylation sites (tertiary alicyclic amines) is 1. The molecule has 1 aliphatic carbocycles. The number of carbonyl (C=O) groups is 2. The molecule has 3 rings (SSSR count). The van der Waals surface area contributed by atoms with E-state index in [0.717, 1.165) is 71.2 Å². The molecule has 2 aliphatic rings. The van der Waals surface area contributed by atoms with Crippen molar-refractivity contribution in [3.8, 4) is 0 Å². The standard InChI is InChI=1S/C34H57N3O4/c1-6-41-23-14-13-21-29(26-16-9-7-10-17-26)28-20-15-22-37(24-28)32(38)35-30(25-36(5)33(39)40)31(34(2,3)4)27-18-11-8-12-19-27/h7,9-10,16-17,27-31H,6,8,11-15,18-25H2,1-5H3,(H,35,38)(H,39,40)/t28-,29+,30?,31?/m1/s1. The van der Waals surface area contributed by atoms with Gasteiger partial charge in [-0.3, -0.25) is 0 Å². The fourth-order valence-electron chi connectivity index (χ4n) is 7.61. The lowest BCUT2D eigenvalue weighted by atomic mass is 9.65. The van der Waals surface area contributed by atoms with E-state index in [9.17, 15) is 14.7 Å².